The normalized spacial score (nSPS) is 16.5. The van der Waals surface area contributed by atoms with Crippen LogP contribution >= 0.6 is 0 Å². The summed E-state index contributed by atoms with van der Waals surface area (Å²) in [5.74, 6) is -2.16. The summed E-state index contributed by atoms with van der Waals surface area (Å²) in [4.78, 5) is 50.7. The lowest BCUT2D eigenvalue weighted by atomic mass is 10.0. The van der Waals surface area contributed by atoms with Crippen molar-refractivity contribution in [2.24, 2.45) is 0 Å². The van der Waals surface area contributed by atoms with E-state index in [1.165, 1.54) is 0 Å². The minimum absolute atomic E-state index is 0.0651. The number of carboxylic acids is 1. The van der Waals surface area contributed by atoms with Gasteiger partial charge in [-0.05, 0) is 37.1 Å². The van der Waals surface area contributed by atoms with Crippen molar-refractivity contribution in [3.63, 3.8) is 0 Å². The number of rotatable bonds is 7. The van der Waals surface area contributed by atoms with Gasteiger partial charge in [0, 0.05) is 36.7 Å². The maximum Gasteiger partial charge on any atom is 0.303 e. The van der Waals surface area contributed by atoms with Crippen LogP contribution in [0.15, 0.2) is 30.5 Å². The van der Waals surface area contributed by atoms with Gasteiger partial charge in [-0.1, -0.05) is 0 Å². The lowest BCUT2D eigenvalue weighted by molar-refractivity contribution is -0.137. The Balaban J connectivity index is 1.77. The number of carboxylic acid groups (broad SMARTS) is 1. The first-order valence-corrected chi connectivity index (χ1v) is 8.93. The highest BCUT2D eigenvalue weighted by molar-refractivity contribution is 6.10. The van der Waals surface area contributed by atoms with Crippen molar-refractivity contribution in [1.82, 2.24) is 15.6 Å². The number of carbonyl (C=O) groups is 4. The molecular formula is C19H20N4O5. The van der Waals surface area contributed by atoms with Gasteiger partial charge in [0.2, 0.25) is 11.8 Å². The summed E-state index contributed by atoms with van der Waals surface area (Å²) in [5, 5.41) is 17.5. The lowest BCUT2D eigenvalue weighted by Crippen LogP contribution is -2.52. The van der Waals surface area contributed by atoms with E-state index in [1.54, 1.807) is 24.4 Å². The largest absolute Gasteiger partial charge is 0.481 e. The maximum absolute atomic E-state index is 12.7. The molecule has 9 heteroatoms. The number of benzene rings is 1. The average Bonchev–Trinajstić information content (AvgIpc) is 2.67. The second-order valence-electron chi connectivity index (χ2n) is 6.46. The first kappa shape index (κ1) is 19.3. The molecule has 0 aliphatic carbocycles. The fourth-order valence-electron chi connectivity index (χ4n) is 3.04. The zero-order valence-corrected chi connectivity index (χ0v) is 15.0. The molecule has 0 spiro atoms. The fraction of sp³-hybridized carbons (Fsp3) is 0.316. The molecular weight excluding hydrogens is 364 g/mol. The summed E-state index contributed by atoms with van der Waals surface area (Å²) < 4.78 is 0. The van der Waals surface area contributed by atoms with Gasteiger partial charge in [0.1, 0.15) is 6.04 Å². The second kappa shape index (κ2) is 8.47. The Morgan fingerprint density at radius 2 is 2.07 bits per heavy atom. The van der Waals surface area contributed by atoms with Gasteiger partial charge in [0.25, 0.3) is 5.91 Å². The van der Waals surface area contributed by atoms with E-state index < -0.39 is 23.8 Å². The minimum Gasteiger partial charge on any atom is -0.481 e. The first-order valence-electron chi connectivity index (χ1n) is 8.93. The number of carbonyl (C=O) groups excluding carboxylic acids is 3. The van der Waals surface area contributed by atoms with Crippen molar-refractivity contribution >= 4 is 40.3 Å². The molecule has 1 aliphatic heterocycles. The molecule has 2 aromatic rings. The topological polar surface area (TPSA) is 137 Å². The van der Waals surface area contributed by atoms with Crippen molar-refractivity contribution in [1.29, 1.82) is 0 Å². The van der Waals surface area contributed by atoms with Gasteiger partial charge in [-0.25, -0.2) is 0 Å². The minimum atomic E-state index is -0.853. The maximum atomic E-state index is 12.7. The molecule has 1 fully saturated rings. The third-order valence-corrected chi connectivity index (χ3v) is 4.44. The van der Waals surface area contributed by atoms with E-state index >= 15 is 0 Å². The summed E-state index contributed by atoms with van der Waals surface area (Å²) in [6, 6.07) is 6.12. The molecule has 0 saturated carbocycles. The number of piperidine rings is 1. The van der Waals surface area contributed by atoms with Crippen LogP contribution in [0.4, 0.5) is 5.69 Å². The predicted octanol–water partition coefficient (Wildman–Crippen LogP) is 1.05. The molecule has 1 aromatic heterocycles. The molecule has 4 N–H and O–H groups in total. The number of imide groups is 1. The molecule has 3 rings (SSSR count). The summed E-state index contributed by atoms with van der Waals surface area (Å²) in [7, 11) is 0. The van der Waals surface area contributed by atoms with Crippen LogP contribution in [-0.2, 0) is 14.4 Å². The quantitative estimate of drug-likeness (QED) is 0.413. The van der Waals surface area contributed by atoms with E-state index in [0.29, 0.717) is 29.4 Å². The summed E-state index contributed by atoms with van der Waals surface area (Å²) in [6.07, 6.45) is 2.53. The SMILES string of the molecule is O=C(O)CCCNc1ccc(C(=O)NC2CCC(=O)NC2=O)c2ncccc12. The van der Waals surface area contributed by atoms with Crippen molar-refractivity contribution in [3.8, 4) is 0 Å². The number of amides is 3. The predicted molar refractivity (Wildman–Crippen MR) is 101 cm³/mol. The Kier molecular flexibility index (Phi) is 5.83. The van der Waals surface area contributed by atoms with Gasteiger partial charge >= 0.3 is 5.97 Å². The van der Waals surface area contributed by atoms with Gasteiger partial charge < -0.3 is 15.7 Å². The van der Waals surface area contributed by atoms with Crippen molar-refractivity contribution in [2.45, 2.75) is 31.7 Å². The molecule has 1 unspecified atom stereocenters. The van der Waals surface area contributed by atoms with E-state index in [1.807, 2.05) is 6.07 Å². The van der Waals surface area contributed by atoms with Crippen LogP contribution in [0.5, 0.6) is 0 Å². The van der Waals surface area contributed by atoms with Crippen molar-refractivity contribution in [3.05, 3.63) is 36.0 Å². The number of aliphatic carboxylic acids is 1. The Hall–Kier alpha value is -3.49. The van der Waals surface area contributed by atoms with Crippen LogP contribution in [0.3, 0.4) is 0 Å². The Morgan fingerprint density at radius 3 is 2.82 bits per heavy atom. The summed E-state index contributed by atoms with van der Waals surface area (Å²) in [5.41, 5.74) is 1.53. The van der Waals surface area contributed by atoms with Gasteiger partial charge in [0.15, 0.2) is 0 Å². The van der Waals surface area contributed by atoms with Crippen molar-refractivity contribution < 1.29 is 24.3 Å². The Morgan fingerprint density at radius 1 is 1.25 bits per heavy atom. The highest BCUT2D eigenvalue weighted by Crippen LogP contribution is 2.25. The molecule has 1 saturated heterocycles. The molecule has 9 nitrogen and oxygen atoms in total. The lowest BCUT2D eigenvalue weighted by Gasteiger charge is -2.22. The number of anilines is 1. The molecule has 1 aliphatic rings. The Labute approximate surface area is 160 Å². The van der Waals surface area contributed by atoms with Gasteiger partial charge in [0.05, 0.1) is 11.1 Å². The van der Waals surface area contributed by atoms with E-state index in [2.05, 4.69) is 20.9 Å². The second-order valence-corrected chi connectivity index (χ2v) is 6.46. The zero-order chi connectivity index (χ0) is 20.1. The van der Waals surface area contributed by atoms with E-state index in [0.717, 1.165) is 5.69 Å². The number of hydrogen-bond donors (Lipinski definition) is 4. The standard InChI is InChI=1S/C19H20N4O5/c24-15-8-7-14(19(28)23-15)22-18(27)12-5-6-13(20-9-2-4-16(25)26)11-3-1-10-21-17(11)12/h1,3,5-6,10,14,20H,2,4,7-9H2,(H,22,27)(H,25,26)(H,23,24,28). The van der Waals surface area contributed by atoms with Crippen LogP contribution in [0.1, 0.15) is 36.0 Å². The average molecular weight is 384 g/mol. The van der Waals surface area contributed by atoms with Gasteiger partial charge in [-0.15, -0.1) is 0 Å². The van der Waals surface area contributed by atoms with Crippen LogP contribution in [0, 0.1) is 0 Å². The molecule has 2 heterocycles. The van der Waals surface area contributed by atoms with Crippen LogP contribution in [-0.4, -0.2) is 46.4 Å². The molecule has 1 atom stereocenters. The molecule has 0 radical (unpaired) electrons. The number of nitrogens with zero attached hydrogens (tertiary/aromatic N) is 1. The van der Waals surface area contributed by atoms with E-state index in [4.69, 9.17) is 5.11 Å². The highest BCUT2D eigenvalue weighted by atomic mass is 16.4. The number of aromatic nitrogens is 1. The molecule has 146 valence electrons. The van der Waals surface area contributed by atoms with Gasteiger partial charge in [-0.3, -0.25) is 29.5 Å². The summed E-state index contributed by atoms with van der Waals surface area (Å²) >= 11 is 0. The van der Waals surface area contributed by atoms with Crippen LogP contribution in [0.2, 0.25) is 0 Å². The first-order chi connectivity index (χ1) is 13.5. The third kappa shape index (κ3) is 4.43. The number of nitrogens with one attached hydrogen (secondary N) is 3. The number of hydrogen-bond acceptors (Lipinski definition) is 6. The third-order valence-electron chi connectivity index (χ3n) is 4.44. The highest BCUT2D eigenvalue weighted by Gasteiger charge is 2.28. The van der Waals surface area contributed by atoms with Gasteiger partial charge in [-0.2, -0.15) is 0 Å². The molecule has 1 aromatic carbocycles. The zero-order valence-electron chi connectivity index (χ0n) is 15.0. The van der Waals surface area contributed by atoms with E-state index in [-0.39, 0.29) is 25.2 Å². The smallest absolute Gasteiger partial charge is 0.303 e. The molecule has 0 bridgehead atoms. The van der Waals surface area contributed by atoms with Crippen LogP contribution in [0.25, 0.3) is 10.9 Å². The molecule has 3 amide bonds. The number of fused-ring (bicyclic) bond motifs is 1. The monoisotopic (exact) mass is 384 g/mol. The van der Waals surface area contributed by atoms with Crippen LogP contribution < -0.4 is 16.0 Å². The summed E-state index contributed by atoms with van der Waals surface area (Å²) in [6.45, 7) is 0.470. The number of pyridine rings is 1. The Bertz CT molecular complexity index is 943. The fourth-order valence-corrected chi connectivity index (χ4v) is 3.04. The van der Waals surface area contributed by atoms with Crippen molar-refractivity contribution in [2.75, 3.05) is 11.9 Å². The molecule has 28 heavy (non-hydrogen) atoms. The van der Waals surface area contributed by atoms with E-state index in [9.17, 15) is 19.2 Å².